The van der Waals surface area contributed by atoms with Crippen LogP contribution >= 0.6 is 0 Å². The molecule has 0 aliphatic heterocycles. The van der Waals surface area contributed by atoms with Gasteiger partial charge in [-0.3, -0.25) is 10.8 Å². The molecule has 0 aromatic heterocycles. The normalized spacial score (nSPS) is 10.8. The molecule has 2 aromatic carbocycles. The van der Waals surface area contributed by atoms with Crippen LogP contribution in [0, 0.1) is 46.4 Å². The number of para-hydroxylation sites is 2. The molecule has 10 heteroatoms. The number of benzene rings is 2. The Morgan fingerprint density at radius 1 is 0.480 bits per heavy atom. The van der Waals surface area contributed by atoms with Gasteiger partial charge in [0.2, 0.25) is 0 Å². The Kier molecular flexibility index (Phi) is 25.4. The van der Waals surface area contributed by atoms with E-state index in [1.807, 2.05) is 92.8 Å². The molecule has 0 radical (unpaired) electrons. The minimum absolute atomic E-state index is 0. The maximum atomic E-state index is 12.3. The first-order valence-corrected chi connectivity index (χ1v) is 16.9. The molecule has 0 fully saturated rings. The Labute approximate surface area is 336 Å². The van der Waals surface area contributed by atoms with Crippen molar-refractivity contribution in [3.8, 4) is 11.5 Å². The van der Waals surface area contributed by atoms with E-state index in [1.165, 1.54) is 0 Å². The van der Waals surface area contributed by atoms with Gasteiger partial charge in [-0.15, -0.1) is 18.1 Å². The summed E-state index contributed by atoms with van der Waals surface area (Å²) in [6.45, 7) is 26.5. The second-order valence-corrected chi connectivity index (χ2v) is 16.9. The van der Waals surface area contributed by atoms with Crippen molar-refractivity contribution >= 4 is 11.9 Å². The Morgan fingerprint density at radius 2 is 0.620 bits per heavy atom. The summed E-state index contributed by atoms with van der Waals surface area (Å²) < 4.78 is 0. The molecule has 2 N–H and O–H groups in total. The van der Waals surface area contributed by atoms with E-state index in [9.17, 15) is 10.2 Å². The summed E-state index contributed by atoms with van der Waals surface area (Å²) >= 11 is 0. The van der Waals surface area contributed by atoms with Crippen LogP contribution in [0.25, 0.3) is 0 Å². The van der Waals surface area contributed by atoms with E-state index in [0.717, 1.165) is 22.3 Å². The third-order valence-electron chi connectivity index (χ3n) is 6.96. The topological polar surface area (TPSA) is 130 Å². The molecule has 284 valence electrons. The van der Waals surface area contributed by atoms with Gasteiger partial charge in [0.15, 0.2) is 11.9 Å². The molecule has 0 spiro atoms. The summed E-state index contributed by atoms with van der Waals surface area (Å²) in [6, 6.07) is 11.7. The largest absolute Gasteiger partial charge is 3.00 e. The van der Waals surface area contributed by atoms with Crippen molar-refractivity contribution < 1.29 is 50.9 Å². The van der Waals surface area contributed by atoms with Crippen LogP contribution in [0.1, 0.15) is 112 Å². The van der Waals surface area contributed by atoms with Crippen molar-refractivity contribution in [1.82, 2.24) is 19.6 Å². The van der Waals surface area contributed by atoms with Crippen LogP contribution in [0.2, 0.25) is 0 Å². The molecule has 2 aromatic rings. The zero-order chi connectivity index (χ0) is 39.9. The van der Waals surface area contributed by atoms with Gasteiger partial charge in [0.05, 0.1) is 0 Å². The van der Waals surface area contributed by atoms with Crippen molar-refractivity contribution in [1.29, 1.82) is 10.8 Å². The van der Waals surface area contributed by atoms with Crippen LogP contribution in [-0.4, -0.2) is 94.5 Å². The fourth-order valence-electron chi connectivity index (χ4n) is 4.24. The van der Waals surface area contributed by atoms with E-state index in [0.29, 0.717) is 11.9 Å². The van der Waals surface area contributed by atoms with Crippen LogP contribution in [0.4, 0.5) is 0 Å². The zero-order valence-electron chi connectivity index (χ0n) is 35.8. The molecule has 0 saturated carbocycles. The van der Waals surface area contributed by atoms with Crippen LogP contribution in [0.5, 0.6) is 11.5 Å². The van der Waals surface area contributed by atoms with Crippen molar-refractivity contribution in [2.24, 2.45) is 0 Å². The minimum Gasteiger partial charge on any atom is -0.872 e. The molecule has 0 atom stereocenters. The second kappa shape index (κ2) is 23.3. The maximum absolute atomic E-state index is 12.3. The van der Waals surface area contributed by atoms with Gasteiger partial charge >= 0.3 is 35.6 Å². The first-order chi connectivity index (χ1) is 21.8. The average molecular weight is 825 g/mol. The predicted octanol–water partition coefficient (Wildman–Crippen LogP) is 6.17. The van der Waals surface area contributed by atoms with Gasteiger partial charge in [-0.25, -0.2) is 0 Å². The second-order valence-electron chi connectivity index (χ2n) is 16.9. The van der Waals surface area contributed by atoms with E-state index in [-0.39, 0.29) is 75.4 Å². The van der Waals surface area contributed by atoms with E-state index in [4.69, 9.17) is 15.9 Å². The molecular formula is C40H73LaN6O3. The van der Waals surface area contributed by atoms with Gasteiger partial charge in [0.25, 0.3) is 0 Å². The van der Waals surface area contributed by atoms with Gasteiger partial charge in [-0.05, 0) is 21.7 Å². The molecule has 0 aliphatic rings. The van der Waals surface area contributed by atoms with Crippen molar-refractivity contribution in [3.05, 3.63) is 58.7 Å². The van der Waals surface area contributed by atoms with E-state index in [2.05, 4.69) is 83.1 Å². The van der Waals surface area contributed by atoms with Crippen molar-refractivity contribution in [3.63, 3.8) is 0 Å². The average Bonchev–Trinajstić information content (AvgIpc) is 2.91. The van der Waals surface area contributed by atoms with Gasteiger partial charge in [0, 0.05) is 56.4 Å². The number of rotatable bonds is 0. The number of guanidine groups is 2. The van der Waals surface area contributed by atoms with E-state index in [1.54, 1.807) is 26.5 Å². The quantitative estimate of drug-likeness (QED) is 0.241. The third kappa shape index (κ3) is 21.2. The molecule has 0 aliphatic carbocycles. The summed E-state index contributed by atoms with van der Waals surface area (Å²) in [5, 5.41) is 48.0. The minimum atomic E-state index is -0.0711. The molecule has 2 rings (SSSR count). The summed E-state index contributed by atoms with van der Waals surface area (Å²) in [6.07, 6.45) is 0. The van der Waals surface area contributed by atoms with Gasteiger partial charge in [0.1, 0.15) is 0 Å². The zero-order valence-corrected chi connectivity index (χ0v) is 39.4. The molecule has 0 amide bonds. The Balaban J connectivity index is -0.000000284. The number of hydrogen-bond donors (Lipinski definition) is 2. The predicted molar refractivity (Wildman–Crippen MR) is 207 cm³/mol. The molecule has 0 saturated heterocycles. The fourth-order valence-corrected chi connectivity index (χ4v) is 4.24. The summed E-state index contributed by atoms with van der Waals surface area (Å²) in [5.74, 6) is 1.45. The van der Waals surface area contributed by atoms with Crippen LogP contribution in [0.15, 0.2) is 36.4 Å². The standard InChI is InChI=1S/2C14H22O.2C5H13N3.C2H5O.La/c2*1-13(2,3)10-8-7-9-11(12(10)15)14(4,5)6;2*1-7(2)5(6)8(3)4;1-2-3;/h2*7-9,15H,1-6H3;2*6H,1-4H3;2H2,1H3;/q;;;;-1;+3/p-2. The first kappa shape index (κ1) is 54.5. The third-order valence-corrected chi connectivity index (χ3v) is 6.96. The Bertz CT molecular complexity index is 1080. The van der Waals surface area contributed by atoms with Gasteiger partial charge in [-0.1, -0.05) is 149 Å². The van der Waals surface area contributed by atoms with Gasteiger partial charge in [-0.2, -0.15) is 0 Å². The van der Waals surface area contributed by atoms with E-state index < -0.39 is 0 Å². The molecule has 9 nitrogen and oxygen atoms in total. The Morgan fingerprint density at radius 3 is 0.700 bits per heavy atom. The molecule has 50 heavy (non-hydrogen) atoms. The number of nitrogens with zero attached hydrogens (tertiary/aromatic N) is 4. The van der Waals surface area contributed by atoms with Crippen LogP contribution in [-0.2, 0) is 21.7 Å². The Hall–Kier alpha value is -2.27. The van der Waals surface area contributed by atoms with E-state index >= 15 is 0 Å². The van der Waals surface area contributed by atoms with Crippen molar-refractivity contribution in [2.45, 2.75) is 112 Å². The van der Waals surface area contributed by atoms with Crippen LogP contribution in [0.3, 0.4) is 0 Å². The summed E-state index contributed by atoms with van der Waals surface area (Å²) in [4.78, 5) is 7.00. The molecule has 0 heterocycles. The number of nitrogens with one attached hydrogen (secondary N) is 2. The SMILES string of the molecule is CC(C)(C)c1cccc(C(C)(C)C)c1[O-].CC(C)(C)c1cccc(C(C)(C)C)c1[O-].CC[O-].CN(C)C(=N)N(C)C.CN(C)C(=N)N(C)C.[La+3]. The molecule has 0 bridgehead atoms. The first-order valence-electron chi connectivity index (χ1n) is 16.9. The summed E-state index contributed by atoms with van der Waals surface area (Å²) in [5.41, 5.74) is 3.36. The maximum Gasteiger partial charge on any atom is 3.00 e. The van der Waals surface area contributed by atoms with Crippen LogP contribution < -0.4 is 15.3 Å². The smallest absolute Gasteiger partial charge is 0.872 e. The number of hydrogen-bond acceptors (Lipinski definition) is 5. The van der Waals surface area contributed by atoms with Crippen molar-refractivity contribution in [2.75, 3.05) is 63.0 Å². The molecule has 0 unspecified atom stereocenters. The summed E-state index contributed by atoms with van der Waals surface area (Å²) in [7, 11) is 14.8. The monoisotopic (exact) mass is 824 g/mol. The van der Waals surface area contributed by atoms with Gasteiger partial charge < -0.3 is 34.9 Å². The fraction of sp³-hybridized carbons (Fsp3) is 0.650. The molecular weight excluding hydrogens is 751 g/mol.